The lowest BCUT2D eigenvalue weighted by atomic mass is 10.1. The van der Waals surface area contributed by atoms with E-state index in [0.29, 0.717) is 5.92 Å². The third-order valence-corrected chi connectivity index (χ3v) is 3.37. The second-order valence-electron chi connectivity index (χ2n) is 5.45. The molecule has 19 heavy (non-hydrogen) atoms. The molecule has 0 bridgehead atoms. The molecule has 0 radical (unpaired) electrons. The number of nitrogens with zero attached hydrogens (tertiary/aromatic N) is 1. The van der Waals surface area contributed by atoms with Crippen molar-refractivity contribution in [2.24, 2.45) is 5.92 Å². The van der Waals surface area contributed by atoms with Gasteiger partial charge in [0.15, 0.2) is 0 Å². The molecule has 1 heterocycles. The summed E-state index contributed by atoms with van der Waals surface area (Å²) in [6.45, 7) is 6.94. The van der Waals surface area contributed by atoms with Gasteiger partial charge in [-0.3, -0.25) is 10.1 Å². The van der Waals surface area contributed by atoms with Crippen molar-refractivity contribution in [3.05, 3.63) is 29.8 Å². The van der Waals surface area contributed by atoms with E-state index < -0.39 is 0 Å². The van der Waals surface area contributed by atoms with Crippen LogP contribution in [0.5, 0.6) is 5.75 Å². The van der Waals surface area contributed by atoms with Gasteiger partial charge in [0.1, 0.15) is 11.9 Å². The zero-order valence-electron chi connectivity index (χ0n) is 12.0. The first-order valence-electron chi connectivity index (χ1n) is 6.73. The molecule has 1 aromatic rings. The van der Waals surface area contributed by atoms with Crippen LogP contribution in [0, 0.1) is 5.92 Å². The highest BCUT2D eigenvalue weighted by Crippen LogP contribution is 2.27. The largest absolute Gasteiger partial charge is 0.497 e. The third-order valence-electron chi connectivity index (χ3n) is 3.37. The van der Waals surface area contributed by atoms with Crippen LogP contribution in [-0.4, -0.2) is 30.5 Å². The van der Waals surface area contributed by atoms with Crippen molar-refractivity contribution in [1.82, 2.24) is 10.2 Å². The lowest BCUT2D eigenvalue weighted by molar-refractivity contribution is -0.130. The monoisotopic (exact) mass is 262 g/mol. The van der Waals surface area contributed by atoms with Gasteiger partial charge in [0, 0.05) is 6.54 Å². The summed E-state index contributed by atoms with van der Waals surface area (Å²) >= 11 is 0. The molecule has 1 amide bonds. The van der Waals surface area contributed by atoms with Crippen molar-refractivity contribution in [3.8, 4) is 5.75 Å². The molecule has 1 fully saturated rings. The number of hydrogen-bond acceptors (Lipinski definition) is 3. The number of methoxy groups -OCH3 is 1. The fraction of sp³-hybridized carbons (Fsp3) is 0.533. The van der Waals surface area contributed by atoms with Gasteiger partial charge in [-0.1, -0.05) is 26.0 Å². The number of carbonyl (C=O) groups is 1. The molecule has 2 rings (SSSR count). The molecule has 2 unspecified atom stereocenters. The van der Waals surface area contributed by atoms with Gasteiger partial charge in [0.2, 0.25) is 5.91 Å². The van der Waals surface area contributed by atoms with E-state index in [1.165, 1.54) is 0 Å². The second kappa shape index (κ2) is 5.61. The highest BCUT2D eigenvalue weighted by atomic mass is 16.5. The van der Waals surface area contributed by atoms with Crippen LogP contribution in [-0.2, 0) is 4.79 Å². The van der Waals surface area contributed by atoms with Gasteiger partial charge in [-0.2, -0.15) is 0 Å². The molecule has 1 saturated heterocycles. The maximum atomic E-state index is 12.2. The molecule has 2 atom stereocenters. The van der Waals surface area contributed by atoms with Gasteiger partial charge in [-0.05, 0) is 30.5 Å². The van der Waals surface area contributed by atoms with Gasteiger partial charge in [0.05, 0.1) is 13.2 Å². The van der Waals surface area contributed by atoms with Crippen LogP contribution >= 0.6 is 0 Å². The van der Waals surface area contributed by atoms with Crippen LogP contribution in [0.25, 0.3) is 0 Å². The minimum Gasteiger partial charge on any atom is -0.497 e. The standard InChI is InChI=1S/C15H22N2O2/c1-10(2)9-17-14(16-11(3)15(17)18)12-5-7-13(19-4)8-6-12/h5-8,10-11,14,16H,9H2,1-4H3. The number of carbonyl (C=O) groups excluding carboxylic acids is 1. The lowest BCUT2D eigenvalue weighted by Crippen LogP contribution is -2.33. The van der Waals surface area contributed by atoms with Crippen molar-refractivity contribution in [2.45, 2.75) is 33.0 Å². The zero-order chi connectivity index (χ0) is 14.0. The number of amides is 1. The topological polar surface area (TPSA) is 41.6 Å². The van der Waals surface area contributed by atoms with Crippen molar-refractivity contribution >= 4 is 5.91 Å². The van der Waals surface area contributed by atoms with Gasteiger partial charge < -0.3 is 9.64 Å². The maximum absolute atomic E-state index is 12.2. The van der Waals surface area contributed by atoms with Crippen LogP contribution in [0.4, 0.5) is 0 Å². The molecule has 4 nitrogen and oxygen atoms in total. The Kier molecular flexibility index (Phi) is 4.10. The average Bonchev–Trinajstić information content (AvgIpc) is 2.67. The molecule has 1 N–H and O–H groups in total. The van der Waals surface area contributed by atoms with Crippen molar-refractivity contribution in [2.75, 3.05) is 13.7 Å². The first-order valence-corrected chi connectivity index (χ1v) is 6.73. The predicted octanol–water partition coefficient (Wildman–Crippen LogP) is 2.17. The molecule has 0 aromatic heterocycles. The van der Waals surface area contributed by atoms with Crippen LogP contribution in [0.2, 0.25) is 0 Å². The number of benzene rings is 1. The first kappa shape index (κ1) is 13.9. The Morgan fingerprint density at radius 1 is 1.32 bits per heavy atom. The molecule has 1 aliphatic rings. The number of rotatable bonds is 4. The van der Waals surface area contributed by atoms with E-state index >= 15 is 0 Å². The van der Waals surface area contributed by atoms with Crippen molar-refractivity contribution in [3.63, 3.8) is 0 Å². The van der Waals surface area contributed by atoms with E-state index in [0.717, 1.165) is 17.9 Å². The lowest BCUT2D eigenvalue weighted by Gasteiger charge is -2.26. The molecule has 1 aliphatic heterocycles. The summed E-state index contributed by atoms with van der Waals surface area (Å²) in [5.41, 5.74) is 1.10. The van der Waals surface area contributed by atoms with E-state index in [2.05, 4.69) is 19.2 Å². The number of ether oxygens (including phenoxy) is 1. The molecule has 4 heteroatoms. The Morgan fingerprint density at radius 2 is 1.95 bits per heavy atom. The Hall–Kier alpha value is -1.55. The van der Waals surface area contributed by atoms with Crippen molar-refractivity contribution in [1.29, 1.82) is 0 Å². The molecule has 0 spiro atoms. The highest BCUT2D eigenvalue weighted by Gasteiger charge is 2.37. The maximum Gasteiger partial charge on any atom is 0.241 e. The summed E-state index contributed by atoms with van der Waals surface area (Å²) < 4.78 is 5.16. The Labute approximate surface area is 114 Å². The summed E-state index contributed by atoms with van der Waals surface area (Å²) in [7, 11) is 1.65. The quantitative estimate of drug-likeness (QED) is 0.904. The number of hydrogen-bond donors (Lipinski definition) is 1. The molecule has 0 aliphatic carbocycles. The van der Waals surface area contributed by atoms with E-state index in [1.54, 1.807) is 7.11 Å². The highest BCUT2D eigenvalue weighted by molar-refractivity contribution is 5.84. The second-order valence-corrected chi connectivity index (χ2v) is 5.45. The fourth-order valence-corrected chi connectivity index (χ4v) is 2.43. The van der Waals surface area contributed by atoms with Gasteiger partial charge >= 0.3 is 0 Å². The van der Waals surface area contributed by atoms with Gasteiger partial charge in [-0.25, -0.2) is 0 Å². The Bertz CT molecular complexity index is 442. The minimum atomic E-state index is -0.120. The van der Waals surface area contributed by atoms with Gasteiger partial charge in [0.25, 0.3) is 0 Å². The summed E-state index contributed by atoms with van der Waals surface area (Å²) in [6, 6.07) is 7.76. The van der Waals surface area contributed by atoms with Crippen molar-refractivity contribution < 1.29 is 9.53 Å². The Balaban J connectivity index is 2.22. The summed E-state index contributed by atoms with van der Waals surface area (Å²) in [6.07, 6.45) is -0.0317. The SMILES string of the molecule is COc1ccc(C2NC(C)C(=O)N2CC(C)C)cc1. The first-order chi connectivity index (χ1) is 9.02. The molecule has 104 valence electrons. The molecular weight excluding hydrogens is 240 g/mol. The average molecular weight is 262 g/mol. The molecular formula is C15H22N2O2. The molecule has 0 saturated carbocycles. The fourth-order valence-electron chi connectivity index (χ4n) is 2.43. The van der Waals surface area contributed by atoms with Crippen LogP contribution in [0.1, 0.15) is 32.5 Å². The van der Waals surface area contributed by atoms with Crippen LogP contribution in [0.15, 0.2) is 24.3 Å². The predicted molar refractivity (Wildman–Crippen MR) is 74.9 cm³/mol. The zero-order valence-corrected chi connectivity index (χ0v) is 12.0. The summed E-state index contributed by atoms with van der Waals surface area (Å²) in [5.74, 6) is 1.46. The third kappa shape index (κ3) is 2.89. The minimum absolute atomic E-state index is 0.0317. The molecule has 1 aromatic carbocycles. The summed E-state index contributed by atoms with van der Waals surface area (Å²) in [5, 5.41) is 3.35. The van der Waals surface area contributed by atoms with E-state index in [1.807, 2.05) is 36.1 Å². The smallest absolute Gasteiger partial charge is 0.241 e. The van der Waals surface area contributed by atoms with E-state index in [9.17, 15) is 4.79 Å². The van der Waals surface area contributed by atoms with Gasteiger partial charge in [-0.15, -0.1) is 0 Å². The van der Waals surface area contributed by atoms with E-state index in [4.69, 9.17) is 4.74 Å². The number of nitrogens with one attached hydrogen (secondary N) is 1. The van der Waals surface area contributed by atoms with E-state index in [-0.39, 0.29) is 18.1 Å². The summed E-state index contributed by atoms with van der Waals surface area (Å²) in [4.78, 5) is 14.1. The van der Waals surface area contributed by atoms with Crippen LogP contribution in [0.3, 0.4) is 0 Å². The normalized spacial score (nSPS) is 23.2. The Morgan fingerprint density at radius 3 is 2.47 bits per heavy atom. The van der Waals surface area contributed by atoms with Crippen LogP contribution < -0.4 is 10.1 Å².